The van der Waals surface area contributed by atoms with Crippen molar-refractivity contribution in [2.45, 2.75) is 42.4 Å². The quantitative estimate of drug-likeness (QED) is 0.771. The Kier molecular flexibility index (Phi) is 2.58. The van der Waals surface area contributed by atoms with Crippen molar-refractivity contribution in [3.05, 3.63) is 29.8 Å². The third-order valence-corrected chi connectivity index (χ3v) is 3.61. The molecule has 76 valence electrons. The number of nitrogens with two attached hydrogens (primary N) is 1. The molecule has 0 spiro atoms. The average Bonchev–Trinajstić information content (AvgIpc) is 2.85. The SMILES string of the molecule is CC(C)Sc1ccc(C2(N)CC2)cc1. The molecule has 1 aliphatic carbocycles. The zero-order chi connectivity index (χ0) is 10.2. The molecule has 0 aromatic heterocycles. The fourth-order valence-corrected chi connectivity index (χ4v) is 2.40. The van der Waals surface area contributed by atoms with Crippen molar-refractivity contribution in [1.82, 2.24) is 0 Å². The fourth-order valence-electron chi connectivity index (χ4n) is 1.56. The van der Waals surface area contributed by atoms with E-state index in [0.717, 1.165) is 12.8 Å². The summed E-state index contributed by atoms with van der Waals surface area (Å²) in [6.07, 6.45) is 2.29. The van der Waals surface area contributed by atoms with E-state index in [-0.39, 0.29) is 5.54 Å². The van der Waals surface area contributed by atoms with Gasteiger partial charge in [0.1, 0.15) is 0 Å². The van der Waals surface area contributed by atoms with Crippen LogP contribution in [-0.4, -0.2) is 5.25 Å². The first-order valence-corrected chi connectivity index (χ1v) is 6.04. The molecular formula is C12H17NS. The van der Waals surface area contributed by atoms with E-state index >= 15 is 0 Å². The summed E-state index contributed by atoms with van der Waals surface area (Å²) < 4.78 is 0. The van der Waals surface area contributed by atoms with Gasteiger partial charge in [-0.2, -0.15) is 0 Å². The normalized spacial score (nSPS) is 18.6. The average molecular weight is 207 g/mol. The van der Waals surface area contributed by atoms with Crippen molar-refractivity contribution in [1.29, 1.82) is 0 Å². The molecule has 1 aromatic carbocycles. The van der Waals surface area contributed by atoms with Crippen molar-refractivity contribution in [2.75, 3.05) is 0 Å². The van der Waals surface area contributed by atoms with Gasteiger partial charge in [0, 0.05) is 15.7 Å². The first-order valence-electron chi connectivity index (χ1n) is 5.16. The minimum atomic E-state index is 0.0149. The third-order valence-electron chi connectivity index (χ3n) is 2.59. The largest absolute Gasteiger partial charge is 0.321 e. The van der Waals surface area contributed by atoms with E-state index in [0.29, 0.717) is 5.25 Å². The molecule has 0 unspecified atom stereocenters. The summed E-state index contributed by atoms with van der Waals surface area (Å²) in [5.41, 5.74) is 7.42. The smallest absolute Gasteiger partial charge is 0.0411 e. The highest BCUT2D eigenvalue weighted by Gasteiger charge is 2.39. The molecule has 1 aromatic rings. The minimum absolute atomic E-state index is 0.0149. The third kappa shape index (κ3) is 2.12. The molecule has 0 radical (unpaired) electrons. The molecule has 2 rings (SSSR count). The first kappa shape index (κ1) is 10.1. The Balaban J connectivity index is 2.10. The second-order valence-corrected chi connectivity index (χ2v) is 6.00. The van der Waals surface area contributed by atoms with Gasteiger partial charge < -0.3 is 5.73 Å². The monoisotopic (exact) mass is 207 g/mol. The lowest BCUT2D eigenvalue weighted by Crippen LogP contribution is -2.18. The zero-order valence-corrected chi connectivity index (χ0v) is 9.60. The summed E-state index contributed by atoms with van der Waals surface area (Å²) in [5, 5.41) is 0.647. The summed E-state index contributed by atoms with van der Waals surface area (Å²) in [7, 11) is 0. The predicted molar refractivity (Wildman–Crippen MR) is 62.5 cm³/mol. The molecule has 0 aliphatic heterocycles. The number of hydrogen-bond acceptors (Lipinski definition) is 2. The highest BCUT2D eigenvalue weighted by molar-refractivity contribution is 7.99. The molecule has 1 aliphatic rings. The standard InChI is InChI=1S/C12H17NS/c1-9(2)14-11-5-3-10(4-6-11)12(13)7-8-12/h3-6,9H,7-8,13H2,1-2H3. The number of rotatable bonds is 3. The van der Waals surface area contributed by atoms with Crippen molar-refractivity contribution >= 4 is 11.8 Å². The summed E-state index contributed by atoms with van der Waals surface area (Å²) >= 11 is 1.90. The van der Waals surface area contributed by atoms with Crippen LogP contribution in [-0.2, 0) is 5.54 Å². The maximum absolute atomic E-state index is 6.11. The second kappa shape index (κ2) is 3.59. The van der Waals surface area contributed by atoms with Gasteiger partial charge in [0.15, 0.2) is 0 Å². The lowest BCUT2D eigenvalue weighted by Gasteiger charge is -2.10. The Morgan fingerprint density at radius 2 is 1.79 bits per heavy atom. The van der Waals surface area contributed by atoms with Gasteiger partial charge >= 0.3 is 0 Å². The van der Waals surface area contributed by atoms with Crippen molar-refractivity contribution < 1.29 is 0 Å². The Morgan fingerprint density at radius 3 is 2.21 bits per heavy atom. The Hall–Kier alpha value is -0.470. The maximum atomic E-state index is 6.11. The van der Waals surface area contributed by atoms with E-state index in [1.165, 1.54) is 10.5 Å². The number of thioether (sulfide) groups is 1. The van der Waals surface area contributed by atoms with Gasteiger partial charge in [-0.3, -0.25) is 0 Å². The van der Waals surface area contributed by atoms with Crippen LogP contribution in [0.1, 0.15) is 32.3 Å². The van der Waals surface area contributed by atoms with Gasteiger partial charge in [-0.1, -0.05) is 26.0 Å². The van der Waals surface area contributed by atoms with Gasteiger partial charge in [-0.15, -0.1) is 11.8 Å². The molecule has 1 fully saturated rings. The minimum Gasteiger partial charge on any atom is -0.321 e. The number of hydrogen-bond donors (Lipinski definition) is 1. The van der Waals surface area contributed by atoms with Crippen LogP contribution in [0.15, 0.2) is 29.2 Å². The zero-order valence-electron chi connectivity index (χ0n) is 8.79. The molecule has 0 saturated heterocycles. The molecule has 0 bridgehead atoms. The molecule has 0 atom stereocenters. The van der Waals surface area contributed by atoms with E-state index in [2.05, 4.69) is 38.1 Å². The van der Waals surface area contributed by atoms with Crippen LogP contribution in [0.3, 0.4) is 0 Å². The molecule has 0 amide bonds. The molecule has 1 nitrogen and oxygen atoms in total. The molecule has 1 saturated carbocycles. The summed E-state index contributed by atoms with van der Waals surface area (Å²) in [4.78, 5) is 1.34. The van der Waals surface area contributed by atoms with Crippen LogP contribution in [0.5, 0.6) is 0 Å². The van der Waals surface area contributed by atoms with Gasteiger partial charge in [0.05, 0.1) is 0 Å². The Morgan fingerprint density at radius 1 is 1.21 bits per heavy atom. The summed E-state index contributed by atoms with van der Waals surface area (Å²) in [6, 6.07) is 8.73. The van der Waals surface area contributed by atoms with Crippen LogP contribution in [0.2, 0.25) is 0 Å². The van der Waals surface area contributed by atoms with Gasteiger partial charge in [-0.05, 0) is 30.5 Å². The van der Waals surface area contributed by atoms with E-state index in [1.54, 1.807) is 0 Å². The fraction of sp³-hybridized carbons (Fsp3) is 0.500. The Bertz CT molecular complexity index is 312. The topological polar surface area (TPSA) is 26.0 Å². The molecule has 14 heavy (non-hydrogen) atoms. The van der Waals surface area contributed by atoms with Crippen LogP contribution in [0, 0.1) is 0 Å². The number of benzene rings is 1. The van der Waals surface area contributed by atoms with Gasteiger partial charge in [-0.25, -0.2) is 0 Å². The molecular weight excluding hydrogens is 190 g/mol. The van der Waals surface area contributed by atoms with Crippen LogP contribution >= 0.6 is 11.8 Å². The van der Waals surface area contributed by atoms with Crippen molar-refractivity contribution in [3.8, 4) is 0 Å². The first-order chi connectivity index (χ1) is 6.60. The molecule has 2 N–H and O–H groups in total. The van der Waals surface area contributed by atoms with Crippen LogP contribution < -0.4 is 5.73 Å². The van der Waals surface area contributed by atoms with E-state index in [9.17, 15) is 0 Å². The van der Waals surface area contributed by atoms with Crippen molar-refractivity contribution in [3.63, 3.8) is 0 Å². The summed E-state index contributed by atoms with van der Waals surface area (Å²) in [5.74, 6) is 0. The molecule has 2 heteroatoms. The van der Waals surface area contributed by atoms with E-state index in [1.807, 2.05) is 11.8 Å². The van der Waals surface area contributed by atoms with E-state index < -0.39 is 0 Å². The predicted octanol–water partition coefficient (Wildman–Crippen LogP) is 3.13. The lowest BCUT2D eigenvalue weighted by atomic mass is 10.1. The summed E-state index contributed by atoms with van der Waals surface area (Å²) in [6.45, 7) is 4.42. The van der Waals surface area contributed by atoms with E-state index in [4.69, 9.17) is 5.73 Å². The van der Waals surface area contributed by atoms with Crippen LogP contribution in [0.4, 0.5) is 0 Å². The van der Waals surface area contributed by atoms with Gasteiger partial charge in [0.2, 0.25) is 0 Å². The second-order valence-electron chi connectivity index (χ2n) is 4.35. The lowest BCUT2D eigenvalue weighted by molar-refractivity contribution is 0.739. The Labute approximate surface area is 90.1 Å². The highest BCUT2D eigenvalue weighted by Crippen LogP contribution is 2.42. The van der Waals surface area contributed by atoms with Gasteiger partial charge in [0.25, 0.3) is 0 Å². The maximum Gasteiger partial charge on any atom is 0.0411 e. The van der Waals surface area contributed by atoms with Crippen LogP contribution in [0.25, 0.3) is 0 Å². The van der Waals surface area contributed by atoms with Crippen molar-refractivity contribution in [2.24, 2.45) is 5.73 Å². The molecule has 0 heterocycles. The highest BCUT2D eigenvalue weighted by atomic mass is 32.2.